The first-order chi connectivity index (χ1) is 12.5. The zero-order valence-electron chi connectivity index (χ0n) is 14.7. The first-order valence-electron chi connectivity index (χ1n) is 9.18. The molecule has 1 aliphatic carbocycles. The summed E-state index contributed by atoms with van der Waals surface area (Å²) in [5.74, 6) is 0.0270. The number of urea groups is 1. The van der Waals surface area contributed by atoms with E-state index in [4.69, 9.17) is 16.0 Å². The fourth-order valence-electron chi connectivity index (χ4n) is 4.12. The molecule has 2 heterocycles. The molecule has 3 amide bonds. The molecular weight excluding hydrogens is 354 g/mol. The molecule has 138 valence electrons. The quantitative estimate of drug-likeness (QED) is 0.737. The van der Waals surface area contributed by atoms with E-state index in [1.54, 1.807) is 12.1 Å². The Labute approximate surface area is 156 Å². The Kier molecular flexibility index (Phi) is 4.31. The largest absolute Gasteiger partial charge is 0.450 e. The summed E-state index contributed by atoms with van der Waals surface area (Å²) in [6.07, 6.45) is 5.72. The van der Waals surface area contributed by atoms with E-state index in [2.05, 4.69) is 16.0 Å². The van der Waals surface area contributed by atoms with E-state index in [0.29, 0.717) is 22.8 Å². The molecular formula is C19H22ClN3O3. The van der Waals surface area contributed by atoms with E-state index in [1.807, 2.05) is 6.92 Å². The molecule has 0 radical (unpaired) electrons. The summed E-state index contributed by atoms with van der Waals surface area (Å²) in [7, 11) is 0. The normalized spacial score (nSPS) is 18.3. The summed E-state index contributed by atoms with van der Waals surface area (Å²) in [5.41, 5.74) is 1.60. The standard InChI is InChI=1S/C19H22ClN3O3/c1-2-8-21-17(24)13-10-11-9-12(20)15-14(16(11)26-13)19(23-18(25)22-15)6-4-3-5-7-19/h9-10H,2-8H2,1H3,(H,21,24)(H2,22,23,25). The number of hydrogen-bond acceptors (Lipinski definition) is 3. The number of rotatable bonds is 3. The number of carbonyl (C=O) groups excluding carboxylic acids is 2. The molecule has 2 aromatic rings. The van der Waals surface area contributed by atoms with Crippen LogP contribution >= 0.6 is 11.6 Å². The van der Waals surface area contributed by atoms with Crippen molar-refractivity contribution in [3.63, 3.8) is 0 Å². The lowest BCUT2D eigenvalue weighted by atomic mass is 9.74. The number of fused-ring (bicyclic) bond motifs is 4. The van der Waals surface area contributed by atoms with Gasteiger partial charge in [-0.1, -0.05) is 37.8 Å². The maximum absolute atomic E-state index is 12.3. The van der Waals surface area contributed by atoms with Crippen LogP contribution in [0, 0.1) is 0 Å². The summed E-state index contributed by atoms with van der Waals surface area (Å²) < 4.78 is 5.98. The molecule has 1 fully saturated rings. The van der Waals surface area contributed by atoms with Crippen LogP contribution in [0.3, 0.4) is 0 Å². The summed E-state index contributed by atoms with van der Waals surface area (Å²) in [4.78, 5) is 24.6. The zero-order chi connectivity index (χ0) is 18.3. The number of carbonyl (C=O) groups is 2. The van der Waals surface area contributed by atoms with Gasteiger partial charge in [0, 0.05) is 17.5 Å². The van der Waals surface area contributed by atoms with Crippen LogP contribution in [0.5, 0.6) is 0 Å². The number of amides is 3. The minimum absolute atomic E-state index is 0.238. The Morgan fingerprint density at radius 1 is 1.31 bits per heavy atom. The van der Waals surface area contributed by atoms with Gasteiger partial charge in [0.15, 0.2) is 5.76 Å². The van der Waals surface area contributed by atoms with Gasteiger partial charge in [-0.05, 0) is 31.4 Å². The maximum atomic E-state index is 12.3. The highest BCUT2D eigenvalue weighted by atomic mass is 35.5. The van der Waals surface area contributed by atoms with Crippen LogP contribution < -0.4 is 16.0 Å². The van der Waals surface area contributed by atoms with Gasteiger partial charge in [0.05, 0.1) is 16.2 Å². The van der Waals surface area contributed by atoms with E-state index in [-0.39, 0.29) is 17.7 Å². The van der Waals surface area contributed by atoms with Crippen molar-refractivity contribution < 1.29 is 14.0 Å². The van der Waals surface area contributed by atoms with Crippen LogP contribution in [-0.4, -0.2) is 18.5 Å². The number of halogens is 1. The average molecular weight is 376 g/mol. The lowest BCUT2D eigenvalue weighted by molar-refractivity contribution is 0.0927. The average Bonchev–Trinajstić information content (AvgIpc) is 3.03. The molecule has 7 heteroatoms. The fourth-order valence-corrected chi connectivity index (χ4v) is 4.38. The molecule has 1 aromatic heterocycles. The number of benzene rings is 1. The molecule has 0 saturated heterocycles. The van der Waals surface area contributed by atoms with Crippen molar-refractivity contribution >= 4 is 40.2 Å². The van der Waals surface area contributed by atoms with Gasteiger partial charge in [-0.3, -0.25) is 4.79 Å². The topological polar surface area (TPSA) is 83.4 Å². The molecule has 1 aromatic carbocycles. The highest BCUT2D eigenvalue weighted by Crippen LogP contribution is 2.48. The minimum atomic E-state index is -0.492. The van der Waals surface area contributed by atoms with E-state index in [1.165, 1.54) is 0 Å². The number of nitrogens with one attached hydrogen (secondary N) is 3. The van der Waals surface area contributed by atoms with E-state index < -0.39 is 5.54 Å². The second-order valence-corrected chi connectivity index (χ2v) is 7.52. The molecule has 26 heavy (non-hydrogen) atoms. The van der Waals surface area contributed by atoms with Gasteiger partial charge in [-0.2, -0.15) is 0 Å². The van der Waals surface area contributed by atoms with Crippen molar-refractivity contribution in [3.8, 4) is 0 Å². The Morgan fingerprint density at radius 3 is 2.81 bits per heavy atom. The predicted molar refractivity (Wildman–Crippen MR) is 101 cm³/mol. The Balaban J connectivity index is 1.88. The zero-order valence-corrected chi connectivity index (χ0v) is 15.5. The number of furan rings is 1. The smallest absolute Gasteiger partial charge is 0.319 e. The van der Waals surface area contributed by atoms with Crippen molar-refractivity contribution in [2.45, 2.75) is 51.0 Å². The minimum Gasteiger partial charge on any atom is -0.450 e. The highest BCUT2D eigenvalue weighted by molar-refractivity contribution is 6.35. The molecule has 3 N–H and O–H groups in total. The van der Waals surface area contributed by atoms with Gasteiger partial charge in [0.1, 0.15) is 5.58 Å². The van der Waals surface area contributed by atoms with Gasteiger partial charge in [0.2, 0.25) is 0 Å². The van der Waals surface area contributed by atoms with Crippen LogP contribution in [-0.2, 0) is 5.54 Å². The molecule has 1 saturated carbocycles. The van der Waals surface area contributed by atoms with Crippen LogP contribution in [0.15, 0.2) is 16.5 Å². The molecule has 0 bridgehead atoms. The van der Waals surface area contributed by atoms with Crippen molar-refractivity contribution in [2.24, 2.45) is 0 Å². The van der Waals surface area contributed by atoms with Gasteiger partial charge in [-0.15, -0.1) is 0 Å². The van der Waals surface area contributed by atoms with Gasteiger partial charge < -0.3 is 20.4 Å². The summed E-state index contributed by atoms with van der Waals surface area (Å²) in [6.45, 7) is 2.59. The van der Waals surface area contributed by atoms with Crippen molar-refractivity contribution in [1.82, 2.24) is 10.6 Å². The first kappa shape index (κ1) is 17.2. The van der Waals surface area contributed by atoms with Gasteiger partial charge >= 0.3 is 6.03 Å². The van der Waals surface area contributed by atoms with Gasteiger partial charge in [-0.25, -0.2) is 4.79 Å². The van der Waals surface area contributed by atoms with Crippen LogP contribution in [0.4, 0.5) is 10.5 Å². The molecule has 1 spiro atoms. The van der Waals surface area contributed by atoms with Crippen LogP contribution in [0.25, 0.3) is 11.0 Å². The monoisotopic (exact) mass is 375 g/mol. The van der Waals surface area contributed by atoms with Crippen molar-refractivity contribution in [2.75, 3.05) is 11.9 Å². The second-order valence-electron chi connectivity index (χ2n) is 7.12. The van der Waals surface area contributed by atoms with E-state index >= 15 is 0 Å². The third-order valence-corrected chi connectivity index (χ3v) is 5.59. The van der Waals surface area contributed by atoms with E-state index in [9.17, 15) is 9.59 Å². The third-order valence-electron chi connectivity index (χ3n) is 5.30. The second kappa shape index (κ2) is 6.50. The molecule has 0 atom stereocenters. The first-order valence-corrected chi connectivity index (χ1v) is 9.56. The number of anilines is 1. The Bertz CT molecular complexity index is 884. The summed E-state index contributed by atoms with van der Waals surface area (Å²) in [6, 6.07) is 3.23. The molecule has 0 unspecified atom stereocenters. The van der Waals surface area contributed by atoms with Crippen molar-refractivity contribution in [1.29, 1.82) is 0 Å². The van der Waals surface area contributed by atoms with E-state index in [0.717, 1.165) is 49.5 Å². The maximum Gasteiger partial charge on any atom is 0.319 e. The number of hydrogen-bond donors (Lipinski definition) is 3. The highest BCUT2D eigenvalue weighted by Gasteiger charge is 2.43. The summed E-state index contributed by atoms with van der Waals surface area (Å²) in [5, 5.41) is 10.0. The SMILES string of the molecule is CCCNC(=O)c1cc2cc(Cl)c3c(c2o1)C1(CCCCC1)NC(=O)N3. The molecule has 1 aliphatic heterocycles. The molecule has 2 aliphatic rings. The van der Waals surface area contributed by atoms with Crippen LogP contribution in [0.2, 0.25) is 5.02 Å². The molecule has 6 nitrogen and oxygen atoms in total. The fraction of sp³-hybridized carbons (Fsp3) is 0.474. The Morgan fingerprint density at radius 2 is 2.08 bits per heavy atom. The Hall–Kier alpha value is -2.21. The van der Waals surface area contributed by atoms with Crippen LogP contribution in [0.1, 0.15) is 61.6 Å². The van der Waals surface area contributed by atoms with Gasteiger partial charge in [0.25, 0.3) is 5.91 Å². The predicted octanol–water partition coefficient (Wildman–Crippen LogP) is 4.52. The third kappa shape index (κ3) is 2.72. The van der Waals surface area contributed by atoms with Crippen molar-refractivity contribution in [3.05, 3.63) is 28.5 Å². The molecule has 4 rings (SSSR count). The lowest BCUT2D eigenvalue weighted by Gasteiger charge is -2.42. The summed E-state index contributed by atoms with van der Waals surface area (Å²) >= 11 is 6.48. The lowest BCUT2D eigenvalue weighted by Crippen LogP contribution is -2.52.